The summed E-state index contributed by atoms with van der Waals surface area (Å²) in [6, 6.07) is 6.79. The molecule has 0 unspecified atom stereocenters. The summed E-state index contributed by atoms with van der Waals surface area (Å²) in [4.78, 5) is 25.6. The minimum absolute atomic E-state index is 0.00181. The minimum Gasteiger partial charge on any atom is -0.323 e. The molecule has 9 heteroatoms. The second kappa shape index (κ2) is 6.49. The number of halogens is 2. The molecule has 26 heavy (non-hydrogen) atoms. The standard InChI is InChI=1S/C17H14F2N2O4S/c1-26(24,25)13-2-3-15-14(8-13)20-16(22)9-21(15)17(23)6-10-4-11(18)7-12(19)5-10/h2-5,7-8H,6,9H2,1H3,(H,20,22). The van der Waals surface area contributed by atoms with Crippen LogP contribution in [0, 0.1) is 11.6 Å². The molecule has 0 fully saturated rings. The fraction of sp³-hybridized carbons (Fsp3) is 0.176. The van der Waals surface area contributed by atoms with Gasteiger partial charge in [0.05, 0.1) is 22.7 Å². The quantitative estimate of drug-likeness (QED) is 0.882. The van der Waals surface area contributed by atoms with Gasteiger partial charge in [-0.05, 0) is 35.9 Å². The van der Waals surface area contributed by atoms with E-state index in [-0.39, 0.29) is 29.1 Å². The van der Waals surface area contributed by atoms with Crippen LogP contribution in [-0.2, 0) is 25.8 Å². The number of hydrogen-bond donors (Lipinski definition) is 1. The molecule has 1 N–H and O–H groups in total. The van der Waals surface area contributed by atoms with Gasteiger partial charge in [-0.1, -0.05) is 0 Å². The largest absolute Gasteiger partial charge is 0.323 e. The van der Waals surface area contributed by atoms with Crippen molar-refractivity contribution in [2.45, 2.75) is 11.3 Å². The Labute approximate surface area is 148 Å². The zero-order valence-electron chi connectivity index (χ0n) is 13.6. The zero-order chi connectivity index (χ0) is 19.1. The average molecular weight is 380 g/mol. The minimum atomic E-state index is -3.49. The number of anilines is 2. The molecule has 0 atom stereocenters. The summed E-state index contributed by atoms with van der Waals surface area (Å²) in [5.74, 6) is -2.65. The molecular formula is C17H14F2N2O4S. The summed E-state index contributed by atoms with van der Waals surface area (Å²) < 4.78 is 49.9. The van der Waals surface area contributed by atoms with E-state index in [1.54, 1.807) is 0 Å². The van der Waals surface area contributed by atoms with Gasteiger partial charge in [0, 0.05) is 12.3 Å². The van der Waals surface area contributed by atoms with Gasteiger partial charge in [0.25, 0.3) is 0 Å². The Morgan fingerprint density at radius 2 is 1.81 bits per heavy atom. The summed E-state index contributed by atoms with van der Waals surface area (Å²) in [6.07, 6.45) is 0.718. The summed E-state index contributed by atoms with van der Waals surface area (Å²) in [5, 5.41) is 2.52. The molecule has 1 aliphatic heterocycles. The number of rotatable bonds is 3. The average Bonchev–Trinajstić information content (AvgIpc) is 2.51. The van der Waals surface area contributed by atoms with Crippen molar-refractivity contribution in [1.82, 2.24) is 0 Å². The number of amides is 2. The molecular weight excluding hydrogens is 366 g/mol. The van der Waals surface area contributed by atoms with Gasteiger partial charge in [-0.15, -0.1) is 0 Å². The molecule has 1 heterocycles. The van der Waals surface area contributed by atoms with Crippen molar-refractivity contribution < 1.29 is 26.8 Å². The third-order valence-corrected chi connectivity index (χ3v) is 4.95. The lowest BCUT2D eigenvalue weighted by Crippen LogP contribution is -2.43. The molecule has 6 nitrogen and oxygen atoms in total. The molecule has 0 spiro atoms. The Balaban J connectivity index is 1.94. The second-order valence-electron chi connectivity index (χ2n) is 5.93. The lowest BCUT2D eigenvalue weighted by Gasteiger charge is -2.29. The maximum atomic E-state index is 13.3. The van der Waals surface area contributed by atoms with E-state index >= 15 is 0 Å². The van der Waals surface area contributed by atoms with Crippen LogP contribution in [0.4, 0.5) is 20.2 Å². The molecule has 2 amide bonds. The van der Waals surface area contributed by atoms with Crippen molar-refractivity contribution in [3.8, 4) is 0 Å². The number of benzene rings is 2. The highest BCUT2D eigenvalue weighted by molar-refractivity contribution is 7.90. The number of carbonyl (C=O) groups excluding carboxylic acids is 2. The molecule has 2 aromatic rings. The molecule has 3 rings (SSSR count). The molecule has 1 aliphatic rings. The van der Waals surface area contributed by atoms with Crippen LogP contribution in [0.5, 0.6) is 0 Å². The summed E-state index contributed by atoms with van der Waals surface area (Å²) in [6.45, 7) is -0.276. The normalized spacial score (nSPS) is 14.0. The predicted molar refractivity (Wildman–Crippen MR) is 90.6 cm³/mol. The van der Waals surface area contributed by atoms with E-state index in [1.165, 1.54) is 18.2 Å². The van der Waals surface area contributed by atoms with Crippen LogP contribution in [0.15, 0.2) is 41.3 Å². The third-order valence-electron chi connectivity index (χ3n) is 3.84. The topological polar surface area (TPSA) is 83.6 Å². The summed E-state index contributed by atoms with van der Waals surface area (Å²) in [5.41, 5.74) is 0.634. The van der Waals surface area contributed by atoms with Gasteiger partial charge in [-0.3, -0.25) is 9.59 Å². The van der Waals surface area contributed by atoms with Crippen molar-refractivity contribution in [3.05, 3.63) is 53.6 Å². The van der Waals surface area contributed by atoms with E-state index in [9.17, 15) is 26.8 Å². The van der Waals surface area contributed by atoms with E-state index in [0.29, 0.717) is 11.8 Å². The van der Waals surface area contributed by atoms with Crippen molar-refractivity contribution in [2.24, 2.45) is 0 Å². The molecule has 0 bridgehead atoms. The number of sulfone groups is 1. The first-order chi connectivity index (χ1) is 12.1. The van der Waals surface area contributed by atoms with Gasteiger partial charge >= 0.3 is 0 Å². The second-order valence-corrected chi connectivity index (χ2v) is 7.95. The molecule has 0 saturated carbocycles. The van der Waals surface area contributed by atoms with Crippen molar-refractivity contribution >= 4 is 33.0 Å². The summed E-state index contributed by atoms with van der Waals surface area (Å²) in [7, 11) is -3.49. The first kappa shape index (κ1) is 18.0. The first-order valence-electron chi connectivity index (χ1n) is 7.53. The number of nitrogens with zero attached hydrogens (tertiary/aromatic N) is 1. The number of nitrogens with one attached hydrogen (secondary N) is 1. The summed E-state index contributed by atoms with van der Waals surface area (Å²) >= 11 is 0. The SMILES string of the molecule is CS(=O)(=O)c1ccc2c(c1)NC(=O)CN2C(=O)Cc1cc(F)cc(F)c1. The maximum absolute atomic E-state index is 13.3. The Bertz CT molecular complexity index is 1000. The molecule has 2 aromatic carbocycles. The van der Waals surface area contributed by atoms with Crippen LogP contribution in [0.25, 0.3) is 0 Å². The van der Waals surface area contributed by atoms with E-state index in [0.717, 1.165) is 23.3 Å². The van der Waals surface area contributed by atoms with Crippen LogP contribution >= 0.6 is 0 Å². The first-order valence-corrected chi connectivity index (χ1v) is 9.42. The maximum Gasteiger partial charge on any atom is 0.244 e. The van der Waals surface area contributed by atoms with E-state index < -0.39 is 33.3 Å². The lowest BCUT2D eigenvalue weighted by molar-refractivity contribution is -0.121. The van der Waals surface area contributed by atoms with Crippen molar-refractivity contribution in [1.29, 1.82) is 0 Å². The Morgan fingerprint density at radius 3 is 2.42 bits per heavy atom. The van der Waals surface area contributed by atoms with Crippen molar-refractivity contribution in [3.63, 3.8) is 0 Å². The van der Waals surface area contributed by atoms with E-state index in [4.69, 9.17) is 0 Å². The fourth-order valence-corrected chi connectivity index (χ4v) is 3.35. The van der Waals surface area contributed by atoms with Crippen LogP contribution < -0.4 is 10.2 Å². The van der Waals surface area contributed by atoms with Crippen LogP contribution in [0.2, 0.25) is 0 Å². The molecule has 0 aromatic heterocycles. The highest BCUT2D eigenvalue weighted by Crippen LogP contribution is 2.32. The van der Waals surface area contributed by atoms with Crippen LogP contribution in [0.3, 0.4) is 0 Å². The number of carbonyl (C=O) groups is 2. The zero-order valence-corrected chi connectivity index (χ0v) is 14.4. The molecule has 0 radical (unpaired) electrons. The third kappa shape index (κ3) is 3.72. The molecule has 136 valence electrons. The molecule has 0 saturated heterocycles. The van der Waals surface area contributed by atoms with Crippen LogP contribution in [0.1, 0.15) is 5.56 Å². The number of hydrogen-bond acceptors (Lipinski definition) is 4. The highest BCUT2D eigenvalue weighted by Gasteiger charge is 2.28. The van der Waals surface area contributed by atoms with Gasteiger partial charge in [0.15, 0.2) is 9.84 Å². The Kier molecular flexibility index (Phi) is 4.49. The smallest absolute Gasteiger partial charge is 0.244 e. The van der Waals surface area contributed by atoms with Gasteiger partial charge in [0.1, 0.15) is 18.2 Å². The highest BCUT2D eigenvalue weighted by atomic mass is 32.2. The van der Waals surface area contributed by atoms with Gasteiger partial charge in [-0.2, -0.15) is 0 Å². The molecule has 0 aliphatic carbocycles. The fourth-order valence-electron chi connectivity index (χ4n) is 2.71. The van der Waals surface area contributed by atoms with Gasteiger partial charge in [0.2, 0.25) is 11.8 Å². The Hall–Kier alpha value is -2.81. The lowest BCUT2D eigenvalue weighted by atomic mass is 10.1. The van der Waals surface area contributed by atoms with Gasteiger partial charge in [-0.25, -0.2) is 17.2 Å². The van der Waals surface area contributed by atoms with Gasteiger partial charge < -0.3 is 10.2 Å². The monoisotopic (exact) mass is 380 g/mol. The van der Waals surface area contributed by atoms with E-state index in [1.807, 2.05) is 0 Å². The van der Waals surface area contributed by atoms with Crippen LogP contribution in [-0.4, -0.2) is 33.0 Å². The van der Waals surface area contributed by atoms with Crippen molar-refractivity contribution in [2.75, 3.05) is 23.0 Å². The number of fused-ring (bicyclic) bond motifs is 1. The Morgan fingerprint density at radius 1 is 1.15 bits per heavy atom. The predicted octanol–water partition coefficient (Wildman–Crippen LogP) is 1.90. The van der Waals surface area contributed by atoms with E-state index in [2.05, 4.69) is 5.32 Å².